The van der Waals surface area contributed by atoms with Crippen molar-refractivity contribution in [1.82, 2.24) is 9.71 Å². The molecule has 0 amide bonds. The minimum Gasteiger partial charge on any atom is -0.477 e. The number of nitrogens with one attached hydrogen (secondary N) is 2. The van der Waals surface area contributed by atoms with Crippen LogP contribution in [-0.4, -0.2) is 30.5 Å². The summed E-state index contributed by atoms with van der Waals surface area (Å²) >= 11 is 0. The third kappa shape index (κ3) is 4.09. The highest BCUT2D eigenvalue weighted by Crippen LogP contribution is 2.22. The average molecular weight is 347 g/mol. The van der Waals surface area contributed by atoms with Crippen molar-refractivity contribution in [3.8, 4) is 0 Å². The zero-order valence-corrected chi connectivity index (χ0v) is 13.6. The molecule has 0 unspecified atom stereocenters. The number of carbonyl (C=O) groups is 1. The van der Waals surface area contributed by atoms with Gasteiger partial charge in [0.1, 0.15) is 5.82 Å². The number of hydrogen-bond acceptors (Lipinski definition) is 5. The van der Waals surface area contributed by atoms with Gasteiger partial charge in [-0.2, -0.15) is 0 Å². The Hall–Kier alpha value is -2.45. The maximum Gasteiger partial charge on any atom is 0.354 e. The summed E-state index contributed by atoms with van der Waals surface area (Å²) in [4.78, 5) is 15.1. The van der Waals surface area contributed by atoms with Gasteiger partial charge < -0.3 is 10.4 Å². The van der Waals surface area contributed by atoms with E-state index in [0.717, 1.165) is 18.4 Å². The van der Waals surface area contributed by atoms with Crippen LogP contribution in [0.2, 0.25) is 0 Å². The van der Waals surface area contributed by atoms with Crippen LogP contribution < -0.4 is 10.0 Å². The first-order valence-corrected chi connectivity index (χ1v) is 8.98. The molecule has 1 aliphatic carbocycles. The molecule has 126 valence electrons. The van der Waals surface area contributed by atoms with Crippen LogP contribution in [0, 0.1) is 0 Å². The van der Waals surface area contributed by atoms with Crippen LogP contribution in [0.15, 0.2) is 47.4 Å². The molecular formula is C16H17N3O4S. The molecule has 1 aromatic carbocycles. The van der Waals surface area contributed by atoms with Gasteiger partial charge in [-0.15, -0.1) is 0 Å². The predicted molar refractivity (Wildman–Crippen MR) is 88.3 cm³/mol. The normalized spacial score (nSPS) is 14.3. The standard InChI is InChI=1S/C16H17N3O4S/c20-16(21)14-2-1-3-15(18-14)17-10-11-4-8-13(9-5-11)24(22,23)19-12-6-7-12/h1-5,8-9,12,19H,6-7,10H2,(H,17,18)(H,20,21). The Labute approximate surface area is 139 Å². The predicted octanol–water partition coefficient (Wildman–Crippen LogP) is 1.83. The molecule has 7 nitrogen and oxygen atoms in total. The van der Waals surface area contributed by atoms with E-state index in [-0.39, 0.29) is 16.6 Å². The number of benzene rings is 1. The van der Waals surface area contributed by atoms with Gasteiger partial charge in [-0.25, -0.2) is 22.9 Å². The number of aromatic carboxylic acids is 1. The van der Waals surface area contributed by atoms with Crippen LogP contribution in [0.5, 0.6) is 0 Å². The second kappa shape index (κ2) is 6.58. The van der Waals surface area contributed by atoms with Crippen LogP contribution in [0.1, 0.15) is 28.9 Å². The molecule has 24 heavy (non-hydrogen) atoms. The minimum atomic E-state index is -3.44. The molecule has 1 heterocycles. The van der Waals surface area contributed by atoms with E-state index in [1.807, 2.05) is 0 Å². The molecular weight excluding hydrogens is 330 g/mol. The van der Waals surface area contributed by atoms with Crippen molar-refractivity contribution in [1.29, 1.82) is 0 Å². The second-order valence-corrected chi connectivity index (χ2v) is 7.32. The fraction of sp³-hybridized carbons (Fsp3) is 0.250. The first-order valence-electron chi connectivity index (χ1n) is 7.49. The van der Waals surface area contributed by atoms with Crippen LogP contribution in [0.3, 0.4) is 0 Å². The molecule has 0 saturated heterocycles. The smallest absolute Gasteiger partial charge is 0.354 e. The summed E-state index contributed by atoms with van der Waals surface area (Å²) < 4.78 is 26.8. The molecule has 0 bridgehead atoms. The fourth-order valence-electron chi connectivity index (χ4n) is 2.12. The van der Waals surface area contributed by atoms with Crippen LogP contribution in [0.4, 0.5) is 5.82 Å². The monoisotopic (exact) mass is 347 g/mol. The van der Waals surface area contributed by atoms with Gasteiger partial charge >= 0.3 is 5.97 Å². The molecule has 3 rings (SSSR count). The van der Waals surface area contributed by atoms with Gasteiger partial charge in [0.15, 0.2) is 5.69 Å². The third-order valence-electron chi connectivity index (χ3n) is 3.57. The molecule has 0 radical (unpaired) electrons. The number of aromatic nitrogens is 1. The van der Waals surface area contributed by atoms with E-state index < -0.39 is 16.0 Å². The highest BCUT2D eigenvalue weighted by molar-refractivity contribution is 7.89. The Morgan fingerprint density at radius 2 is 1.88 bits per heavy atom. The first-order chi connectivity index (χ1) is 11.4. The SMILES string of the molecule is O=C(O)c1cccc(NCc2ccc(S(=O)(=O)NC3CC3)cc2)n1. The van der Waals surface area contributed by atoms with Gasteiger partial charge in [-0.05, 0) is 42.7 Å². The van der Waals surface area contributed by atoms with Crippen molar-refractivity contribution in [2.75, 3.05) is 5.32 Å². The van der Waals surface area contributed by atoms with Crippen LogP contribution in [0.25, 0.3) is 0 Å². The van der Waals surface area contributed by atoms with E-state index in [1.54, 1.807) is 36.4 Å². The number of nitrogens with zero attached hydrogens (tertiary/aromatic N) is 1. The Balaban J connectivity index is 1.64. The van der Waals surface area contributed by atoms with Gasteiger partial charge in [0, 0.05) is 12.6 Å². The number of carboxylic acids is 1. The summed E-state index contributed by atoms with van der Waals surface area (Å²) in [5.41, 5.74) is 0.829. The van der Waals surface area contributed by atoms with E-state index in [0.29, 0.717) is 12.4 Å². The Morgan fingerprint density at radius 1 is 1.17 bits per heavy atom. The first kappa shape index (κ1) is 16.4. The number of rotatable bonds is 7. The second-order valence-electron chi connectivity index (χ2n) is 5.61. The molecule has 0 spiro atoms. The van der Waals surface area contributed by atoms with E-state index in [9.17, 15) is 13.2 Å². The molecule has 2 aromatic rings. The summed E-state index contributed by atoms with van der Waals surface area (Å²) in [6, 6.07) is 11.3. The Kier molecular flexibility index (Phi) is 4.50. The lowest BCUT2D eigenvalue weighted by Gasteiger charge is -2.08. The summed E-state index contributed by atoms with van der Waals surface area (Å²) in [6.07, 6.45) is 1.79. The number of hydrogen-bond donors (Lipinski definition) is 3. The average Bonchev–Trinajstić information content (AvgIpc) is 3.37. The maximum atomic E-state index is 12.1. The van der Waals surface area contributed by atoms with Crippen LogP contribution in [-0.2, 0) is 16.6 Å². The highest BCUT2D eigenvalue weighted by atomic mass is 32.2. The number of carboxylic acid groups (broad SMARTS) is 1. The van der Waals surface area contributed by atoms with Gasteiger partial charge in [0.25, 0.3) is 0 Å². The number of sulfonamides is 1. The van der Waals surface area contributed by atoms with E-state index in [1.165, 1.54) is 6.07 Å². The zero-order valence-electron chi connectivity index (χ0n) is 12.8. The lowest BCUT2D eigenvalue weighted by atomic mass is 10.2. The van der Waals surface area contributed by atoms with Gasteiger partial charge in [-0.1, -0.05) is 18.2 Å². The molecule has 1 aromatic heterocycles. The third-order valence-corrected chi connectivity index (χ3v) is 5.11. The molecule has 0 aliphatic heterocycles. The van der Waals surface area contributed by atoms with Gasteiger partial charge in [0.05, 0.1) is 4.90 Å². The molecule has 0 atom stereocenters. The van der Waals surface area contributed by atoms with Crippen LogP contribution >= 0.6 is 0 Å². The topological polar surface area (TPSA) is 108 Å². The minimum absolute atomic E-state index is 0.0346. The molecule has 3 N–H and O–H groups in total. The summed E-state index contributed by atoms with van der Waals surface area (Å²) in [5, 5.41) is 11.9. The summed E-state index contributed by atoms with van der Waals surface area (Å²) in [7, 11) is -3.44. The Morgan fingerprint density at radius 3 is 2.50 bits per heavy atom. The van der Waals surface area contributed by atoms with Crippen molar-refractivity contribution in [2.45, 2.75) is 30.3 Å². The van der Waals surface area contributed by atoms with E-state index >= 15 is 0 Å². The quantitative estimate of drug-likeness (QED) is 0.705. The molecule has 8 heteroatoms. The molecule has 1 fully saturated rings. The lowest BCUT2D eigenvalue weighted by Crippen LogP contribution is -2.25. The van der Waals surface area contributed by atoms with E-state index in [4.69, 9.17) is 5.11 Å². The van der Waals surface area contributed by atoms with Crippen molar-refractivity contribution in [3.05, 3.63) is 53.7 Å². The number of pyridine rings is 1. The van der Waals surface area contributed by atoms with Crippen molar-refractivity contribution >= 4 is 21.8 Å². The zero-order chi connectivity index (χ0) is 17.2. The van der Waals surface area contributed by atoms with Crippen molar-refractivity contribution in [3.63, 3.8) is 0 Å². The van der Waals surface area contributed by atoms with Gasteiger partial charge in [-0.3, -0.25) is 0 Å². The molecule has 1 saturated carbocycles. The van der Waals surface area contributed by atoms with E-state index in [2.05, 4.69) is 15.0 Å². The Bertz CT molecular complexity index is 846. The fourth-order valence-corrected chi connectivity index (χ4v) is 3.42. The van der Waals surface area contributed by atoms with Crippen molar-refractivity contribution < 1.29 is 18.3 Å². The van der Waals surface area contributed by atoms with Crippen molar-refractivity contribution in [2.24, 2.45) is 0 Å². The lowest BCUT2D eigenvalue weighted by molar-refractivity contribution is 0.0690. The highest BCUT2D eigenvalue weighted by Gasteiger charge is 2.27. The summed E-state index contributed by atoms with van der Waals surface area (Å²) in [6.45, 7) is 0.409. The van der Waals surface area contributed by atoms with Gasteiger partial charge in [0.2, 0.25) is 10.0 Å². The number of anilines is 1. The summed E-state index contributed by atoms with van der Waals surface area (Å²) in [5.74, 6) is -0.640. The maximum absolute atomic E-state index is 12.1. The molecule has 1 aliphatic rings. The largest absolute Gasteiger partial charge is 0.477 e.